The molecule has 7 heteroatoms. The summed E-state index contributed by atoms with van der Waals surface area (Å²) in [5.74, 6) is -1.22. The molecule has 0 saturated carbocycles. The Labute approximate surface area is 171 Å². The number of rotatable bonds is 3. The van der Waals surface area contributed by atoms with Crippen molar-refractivity contribution in [3.8, 4) is 5.75 Å². The Hall–Kier alpha value is -2.70. The minimum absolute atomic E-state index is 0.160. The summed E-state index contributed by atoms with van der Waals surface area (Å²) in [6.45, 7) is 12.5. The van der Waals surface area contributed by atoms with Crippen LogP contribution in [0.25, 0.3) is 0 Å². The van der Waals surface area contributed by atoms with E-state index in [4.69, 9.17) is 4.74 Å². The fourth-order valence-corrected chi connectivity index (χ4v) is 3.12. The van der Waals surface area contributed by atoms with Gasteiger partial charge in [0.2, 0.25) is 5.91 Å². The van der Waals surface area contributed by atoms with Gasteiger partial charge in [-0.3, -0.25) is 14.6 Å². The van der Waals surface area contributed by atoms with Crippen molar-refractivity contribution in [2.24, 2.45) is 10.9 Å². The zero-order valence-electron chi connectivity index (χ0n) is 18.2. The zero-order valence-corrected chi connectivity index (χ0v) is 18.2. The molecule has 1 amide bonds. The summed E-state index contributed by atoms with van der Waals surface area (Å²) < 4.78 is 10.0. The van der Waals surface area contributed by atoms with Gasteiger partial charge in [0, 0.05) is 36.5 Å². The number of carbonyl (C=O) groups excluding carboxylic acids is 3. The van der Waals surface area contributed by atoms with Crippen molar-refractivity contribution in [3.05, 3.63) is 23.3 Å². The van der Waals surface area contributed by atoms with E-state index in [-0.39, 0.29) is 23.0 Å². The van der Waals surface area contributed by atoms with E-state index in [1.54, 1.807) is 6.07 Å². The molecular formula is C22H30N2O5. The van der Waals surface area contributed by atoms with Crippen LogP contribution >= 0.6 is 0 Å². The summed E-state index contributed by atoms with van der Waals surface area (Å²) in [5, 5.41) is 2.84. The monoisotopic (exact) mass is 402 g/mol. The molecule has 0 aromatic heterocycles. The summed E-state index contributed by atoms with van der Waals surface area (Å²) in [6, 6.07) is 3.56. The van der Waals surface area contributed by atoms with Crippen molar-refractivity contribution in [1.29, 1.82) is 0 Å². The maximum absolute atomic E-state index is 12.8. The van der Waals surface area contributed by atoms with Crippen LogP contribution in [0.4, 0.5) is 10.5 Å². The lowest BCUT2D eigenvalue weighted by Gasteiger charge is -2.29. The van der Waals surface area contributed by atoms with Gasteiger partial charge in [-0.25, -0.2) is 4.79 Å². The Morgan fingerprint density at radius 3 is 2.21 bits per heavy atom. The first-order chi connectivity index (χ1) is 13.3. The van der Waals surface area contributed by atoms with Gasteiger partial charge in [0.15, 0.2) is 5.78 Å². The van der Waals surface area contributed by atoms with Gasteiger partial charge >= 0.3 is 6.16 Å². The first-order valence-corrected chi connectivity index (χ1v) is 9.63. The number of carbonyl (C=O) groups is 3. The summed E-state index contributed by atoms with van der Waals surface area (Å²) in [7, 11) is 1.24. The fraction of sp³-hybridized carbons (Fsp3) is 0.545. The van der Waals surface area contributed by atoms with Crippen molar-refractivity contribution in [1.82, 2.24) is 0 Å². The second-order valence-electron chi connectivity index (χ2n) is 9.19. The molecule has 1 atom stereocenters. The van der Waals surface area contributed by atoms with Crippen molar-refractivity contribution in [2.75, 3.05) is 19.0 Å². The van der Waals surface area contributed by atoms with E-state index in [0.29, 0.717) is 18.0 Å². The van der Waals surface area contributed by atoms with Crippen molar-refractivity contribution >= 4 is 29.7 Å². The third-order valence-corrected chi connectivity index (χ3v) is 4.72. The van der Waals surface area contributed by atoms with Crippen LogP contribution in [0.1, 0.15) is 59.1 Å². The number of hydrogen-bond donors (Lipinski definition) is 1. The van der Waals surface area contributed by atoms with Crippen LogP contribution in [0.15, 0.2) is 17.1 Å². The predicted molar refractivity (Wildman–Crippen MR) is 112 cm³/mol. The average Bonchev–Trinajstić information content (AvgIpc) is 2.59. The van der Waals surface area contributed by atoms with Gasteiger partial charge in [-0.1, -0.05) is 41.5 Å². The Bertz CT molecular complexity index is 844. The number of amides is 1. The fourth-order valence-electron chi connectivity index (χ4n) is 3.12. The molecule has 1 aromatic carbocycles. The van der Waals surface area contributed by atoms with E-state index >= 15 is 0 Å². The minimum atomic E-state index is -0.913. The van der Waals surface area contributed by atoms with Crippen LogP contribution in [-0.4, -0.2) is 37.7 Å². The average molecular weight is 402 g/mol. The first-order valence-electron chi connectivity index (χ1n) is 9.63. The molecule has 1 heterocycles. The lowest BCUT2D eigenvalue weighted by atomic mass is 9.79. The number of benzene rings is 1. The number of nitrogens with zero attached hydrogens (tertiary/aromatic N) is 1. The molecule has 1 N–H and O–H groups in total. The maximum atomic E-state index is 12.8. The topological polar surface area (TPSA) is 94.1 Å². The van der Waals surface area contributed by atoms with Gasteiger partial charge in [0.05, 0.1) is 7.11 Å². The Balaban J connectivity index is 2.56. The molecule has 1 aromatic rings. The molecule has 2 rings (SSSR count). The summed E-state index contributed by atoms with van der Waals surface area (Å²) >= 11 is 0. The van der Waals surface area contributed by atoms with Gasteiger partial charge in [0.25, 0.3) is 0 Å². The molecule has 7 nitrogen and oxygen atoms in total. The number of methoxy groups -OCH3 is 1. The van der Waals surface area contributed by atoms with E-state index < -0.39 is 18.0 Å². The second-order valence-corrected chi connectivity index (χ2v) is 9.19. The molecule has 0 bridgehead atoms. The van der Waals surface area contributed by atoms with Crippen LogP contribution in [0.5, 0.6) is 5.75 Å². The van der Waals surface area contributed by atoms with Crippen LogP contribution in [-0.2, 0) is 25.2 Å². The quantitative estimate of drug-likeness (QED) is 0.468. The molecule has 158 valence electrons. The van der Waals surface area contributed by atoms with Gasteiger partial charge in [0.1, 0.15) is 11.7 Å². The van der Waals surface area contributed by atoms with Gasteiger partial charge in [-0.15, -0.1) is 0 Å². The smallest absolute Gasteiger partial charge is 0.437 e. The first kappa shape index (κ1) is 22.6. The van der Waals surface area contributed by atoms with Crippen molar-refractivity contribution in [3.63, 3.8) is 0 Å². The van der Waals surface area contributed by atoms with E-state index in [0.717, 1.165) is 11.1 Å². The number of Topliss-reactive ketones (excluding diaryl/α,β-unsaturated/α-hetero) is 1. The standard InChI is InChI=1S/C22H30N2O5/c1-21(2,3)14-10-15(22(4,5)6)18(29-20(27)28-7)11-16(14)24-19(26)13-12-23-9-8-17(13)25/h10-13H,8-9H2,1-7H3,(H,24,26). The summed E-state index contributed by atoms with van der Waals surface area (Å²) in [6.07, 6.45) is 0.805. The SMILES string of the molecule is COC(=O)Oc1cc(NC(=O)C2C=NCCC2=O)c(C(C)(C)C)cc1C(C)(C)C. The molecule has 0 saturated heterocycles. The minimum Gasteiger partial charge on any atom is -0.437 e. The maximum Gasteiger partial charge on any atom is 0.513 e. The normalized spacial score (nSPS) is 17.1. The molecule has 1 aliphatic heterocycles. The van der Waals surface area contributed by atoms with Crippen molar-refractivity contribution < 1.29 is 23.9 Å². The van der Waals surface area contributed by atoms with Gasteiger partial charge < -0.3 is 14.8 Å². The number of aliphatic imine (C=N–C) groups is 1. The summed E-state index contributed by atoms with van der Waals surface area (Å²) in [5.41, 5.74) is 1.53. The predicted octanol–water partition coefficient (Wildman–Crippen LogP) is 4.03. The number of anilines is 1. The van der Waals surface area contributed by atoms with Crippen LogP contribution in [0.3, 0.4) is 0 Å². The Morgan fingerprint density at radius 1 is 1.07 bits per heavy atom. The van der Waals surface area contributed by atoms with Gasteiger partial charge in [-0.05, 0) is 22.5 Å². The third-order valence-electron chi connectivity index (χ3n) is 4.72. The number of ether oxygens (including phenoxy) is 2. The lowest BCUT2D eigenvalue weighted by Crippen LogP contribution is -2.34. The lowest BCUT2D eigenvalue weighted by molar-refractivity contribution is -0.128. The van der Waals surface area contributed by atoms with Crippen molar-refractivity contribution in [2.45, 2.75) is 58.8 Å². The number of hydrogen-bond acceptors (Lipinski definition) is 6. The molecule has 1 unspecified atom stereocenters. The summed E-state index contributed by atoms with van der Waals surface area (Å²) in [4.78, 5) is 40.7. The third kappa shape index (κ3) is 5.43. The Kier molecular flexibility index (Phi) is 6.50. The largest absolute Gasteiger partial charge is 0.513 e. The van der Waals surface area contributed by atoms with E-state index in [1.807, 2.05) is 47.6 Å². The van der Waals surface area contributed by atoms with E-state index in [1.165, 1.54) is 13.3 Å². The van der Waals surface area contributed by atoms with Crippen LogP contribution in [0, 0.1) is 5.92 Å². The highest BCUT2D eigenvalue weighted by atomic mass is 16.7. The molecule has 1 aliphatic rings. The molecular weight excluding hydrogens is 372 g/mol. The molecule has 29 heavy (non-hydrogen) atoms. The van der Waals surface area contributed by atoms with E-state index in [9.17, 15) is 14.4 Å². The molecule has 0 aliphatic carbocycles. The number of nitrogens with one attached hydrogen (secondary N) is 1. The molecule has 0 radical (unpaired) electrons. The molecule has 0 fully saturated rings. The highest BCUT2D eigenvalue weighted by Crippen LogP contribution is 2.40. The van der Waals surface area contributed by atoms with Crippen LogP contribution < -0.4 is 10.1 Å². The van der Waals surface area contributed by atoms with Crippen LogP contribution in [0.2, 0.25) is 0 Å². The zero-order chi connectivity index (χ0) is 22.0. The second kappa shape index (κ2) is 8.35. The number of ketones is 1. The highest BCUT2D eigenvalue weighted by Gasteiger charge is 2.31. The Morgan fingerprint density at radius 2 is 1.69 bits per heavy atom. The highest BCUT2D eigenvalue weighted by molar-refractivity contribution is 6.18. The van der Waals surface area contributed by atoms with E-state index in [2.05, 4.69) is 15.0 Å². The van der Waals surface area contributed by atoms with Gasteiger partial charge in [-0.2, -0.15) is 0 Å². The molecule has 0 spiro atoms.